The van der Waals surface area contributed by atoms with Crippen LogP contribution in [0.1, 0.15) is 20.8 Å². The number of aromatic nitrogens is 3. The van der Waals surface area contributed by atoms with Gasteiger partial charge in [-0.3, -0.25) is 10.1 Å². The van der Waals surface area contributed by atoms with Crippen molar-refractivity contribution in [3.05, 3.63) is 30.1 Å². The van der Waals surface area contributed by atoms with E-state index in [9.17, 15) is 14.0 Å². The second-order valence-electron chi connectivity index (χ2n) is 5.56. The summed E-state index contributed by atoms with van der Waals surface area (Å²) in [5.41, 5.74) is 0.594. The fourth-order valence-corrected chi connectivity index (χ4v) is 2.65. The van der Waals surface area contributed by atoms with Crippen LogP contribution in [0.2, 0.25) is 0 Å². The highest BCUT2D eigenvalue weighted by Gasteiger charge is 2.21. The molecule has 25 heavy (non-hydrogen) atoms. The quantitative estimate of drug-likeness (QED) is 0.546. The normalized spacial score (nSPS) is 12.0. The molecule has 0 bridgehead atoms. The number of amides is 3. The zero-order chi connectivity index (χ0) is 18.6. The van der Waals surface area contributed by atoms with Gasteiger partial charge in [-0.2, -0.15) is 0 Å². The molecule has 4 N–H and O–H groups in total. The van der Waals surface area contributed by atoms with E-state index in [1.54, 1.807) is 20.8 Å². The third-order valence-electron chi connectivity index (χ3n) is 3.07. The fourth-order valence-electron chi connectivity index (χ4n) is 1.88. The Morgan fingerprint density at radius 2 is 1.84 bits per heavy atom. The summed E-state index contributed by atoms with van der Waals surface area (Å²) < 4.78 is 14.2. The van der Waals surface area contributed by atoms with Crippen molar-refractivity contribution in [1.29, 1.82) is 0 Å². The minimum Gasteiger partial charge on any atom is -0.336 e. The first kappa shape index (κ1) is 18.7. The van der Waals surface area contributed by atoms with Crippen LogP contribution in [-0.2, 0) is 4.79 Å². The van der Waals surface area contributed by atoms with E-state index in [0.717, 1.165) is 11.8 Å². The van der Waals surface area contributed by atoms with Crippen LogP contribution in [-0.4, -0.2) is 38.1 Å². The summed E-state index contributed by atoms with van der Waals surface area (Å²) in [5.74, 6) is 5.45. The Morgan fingerprint density at radius 1 is 1.20 bits per heavy atom. The predicted octanol–water partition coefficient (Wildman–Crippen LogP) is 1.51. The van der Waals surface area contributed by atoms with E-state index in [-0.39, 0.29) is 11.9 Å². The molecule has 1 aromatic carbocycles. The Kier molecular flexibility index (Phi) is 5.97. The molecule has 8 nitrogen and oxygen atoms in total. The number of hydrogen-bond donors (Lipinski definition) is 3. The monoisotopic (exact) mass is 366 g/mol. The van der Waals surface area contributed by atoms with Gasteiger partial charge in [-0.25, -0.2) is 13.9 Å². The van der Waals surface area contributed by atoms with Crippen LogP contribution in [0.3, 0.4) is 0 Å². The molecule has 0 aliphatic heterocycles. The van der Waals surface area contributed by atoms with Gasteiger partial charge in [0.25, 0.3) is 0 Å². The summed E-state index contributed by atoms with van der Waals surface area (Å²) >= 11 is 1.06. The highest BCUT2D eigenvalue weighted by atomic mass is 32.2. The maximum atomic E-state index is 13.0. The maximum Gasteiger partial charge on any atom is 0.321 e. The number of urea groups is 1. The number of nitrogens with zero attached hydrogens (tertiary/aromatic N) is 3. The van der Waals surface area contributed by atoms with Crippen LogP contribution in [0, 0.1) is 5.82 Å². The van der Waals surface area contributed by atoms with Gasteiger partial charge in [-0.1, -0.05) is 11.8 Å². The number of nitrogen functional groups attached to an aromatic ring is 1. The van der Waals surface area contributed by atoms with Gasteiger partial charge in [0.1, 0.15) is 5.82 Å². The highest BCUT2D eigenvalue weighted by molar-refractivity contribution is 8.00. The van der Waals surface area contributed by atoms with Crippen molar-refractivity contribution in [2.24, 2.45) is 0 Å². The molecule has 1 heterocycles. The van der Waals surface area contributed by atoms with Gasteiger partial charge in [0.05, 0.1) is 5.25 Å². The van der Waals surface area contributed by atoms with Crippen LogP contribution >= 0.6 is 11.8 Å². The second-order valence-corrected chi connectivity index (χ2v) is 6.87. The number of halogens is 1. The molecule has 1 aromatic heterocycles. The molecule has 0 fully saturated rings. The summed E-state index contributed by atoms with van der Waals surface area (Å²) in [6.07, 6.45) is 0. The van der Waals surface area contributed by atoms with Gasteiger partial charge in [0, 0.05) is 11.6 Å². The molecular formula is C15H19FN6O2S. The van der Waals surface area contributed by atoms with Gasteiger partial charge in [-0.15, -0.1) is 10.2 Å². The zero-order valence-electron chi connectivity index (χ0n) is 14.0. The largest absolute Gasteiger partial charge is 0.336 e. The molecule has 0 radical (unpaired) electrons. The third-order valence-corrected chi connectivity index (χ3v) is 4.13. The molecule has 0 aliphatic carbocycles. The SMILES string of the molecule is CC(C)NC(=O)NC(=O)[C@@H](C)Sc1nnc(-c2ccc(F)cc2)n1N. The Morgan fingerprint density at radius 3 is 2.44 bits per heavy atom. The number of nitrogens with two attached hydrogens (primary N) is 1. The van der Waals surface area contributed by atoms with E-state index >= 15 is 0 Å². The summed E-state index contributed by atoms with van der Waals surface area (Å²) in [5, 5.41) is 12.4. The molecule has 3 amide bonds. The Bertz CT molecular complexity index is 762. The molecule has 0 saturated carbocycles. The van der Waals surface area contributed by atoms with Gasteiger partial charge >= 0.3 is 6.03 Å². The zero-order valence-corrected chi connectivity index (χ0v) is 14.8. The van der Waals surface area contributed by atoms with Crippen molar-refractivity contribution in [1.82, 2.24) is 25.5 Å². The Hall–Kier alpha value is -2.62. The summed E-state index contributed by atoms with van der Waals surface area (Å²) in [6.45, 7) is 5.20. The number of nitrogens with one attached hydrogen (secondary N) is 2. The minimum absolute atomic E-state index is 0.0823. The van der Waals surface area contributed by atoms with E-state index in [1.807, 2.05) is 0 Å². The number of carbonyl (C=O) groups excluding carboxylic acids is 2. The number of benzene rings is 1. The van der Waals surface area contributed by atoms with E-state index in [2.05, 4.69) is 20.8 Å². The number of hydrogen-bond acceptors (Lipinski definition) is 6. The molecule has 0 unspecified atom stereocenters. The van der Waals surface area contributed by atoms with Crippen molar-refractivity contribution >= 4 is 23.7 Å². The Balaban J connectivity index is 2.04. The van der Waals surface area contributed by atoms with Gasteiger partial charge in [0.2, 0.25) is 11.1 Å². The van der Waals surface area contributed by atoms with E-state index in [0.29, 0.717) is 16.5 Å². The smallest absolute Gasteiger partial charge is 0.321 e. The predicted molar refractivity (Wildman–Crippen MR) is 92.7 cm³/mol. The third kappa shape index (κ3) is 4.92. The number of imide groups is 1. The lowest BCUT2D eigenvalue weighted by molar-refractivity contribution is -0.119. The number of thioether (sulfide) groups is 1. The van der Waals surface area contributed by atoms with E-state index in [4.69, 9.17) is 5.84 Å². The van der Waals surface area contributed by atoms with Crippen molar-refractivity contribution in [3.8, 4) is 11.4 Å². The average Bonchev–Trinajstić information content (AvgIpc) is 2.88. The van der Waals surface area contributed by atoms with Crippen molar-refractivity contribution in [2.45, 2.75) is 37.2 Å². The first-order valence-electron chi connectivity index (χ1n) is 7.52. The average molecular weight is 366 g/mol. The van der Waals surface area contributed by atoms with Gasteiger partial charge in [-0.05, 0) is 45.0 Å². The molecule has 2 rings (SSSR count). The molecule has 0 aliphatic rings. The molecule has 0 spiro atoms. The minimum atomic E-state index is -0.620. The molecule has 2 aromatic rings. The summed E-state index contributed by atoms with van der Waals surface area (Å²) in [4.78, 5) is 23.6. The van der Waals surface area contributed by atoms with Crippen molar-refractivity contribution < 1.29 is 14.0 Å². The topological polar surface area (TPSA) is 115 Å². The van der Waals surface area contributed by atoms with Gasteiger partial charge in [0.15, 0.2) is 5.82 Å². The van der Waals surface area contributed by atoms with Crippen LogP contribution in [0.15, 0.2) is 29.4 Å². The highest BCUT2D eigenvalue weighted by Crippen LogP contribution is 2.24. The standard InChI is InChI=1S/C15H19FN6O2S/c1-8(2)18-14(24)19-13(23)9(3)25-15-21-20-12(22(15)17)10-4-6-11(16)7-5-10/h4-9H,17H2,1-3H3,(H2,18,19,23,24)/t9-/m1/s1. The number of carbonyl (C=O) groups is 2. The lowest BCUT2D eigenvalue weighted by Gasteiger charge is -2.12. The van der Waals surface area contributed by atoms with Crippen LogP contribution in [0.5, 0.6) is 0 Å². The van der Waals surface area contributed by atoms with Gasteiger partial charge < -0.3 is 11.2 Å². The van der Waals surface area contributed by atoms with Crippen LogP contribution < -0.4 is 16.5 Å². The molecule has 1 atom stereocenters. The second kappa shape index (κ2) is 7.97. The summed E-state index contributed by atoms with van der Waals surface area (Å²) in [6, 6.07) is 5.00. The molecular weight excluding hydrogens is 347 g/mol. The van der Waals surface area contributed by atoms with Crippen LogP contribution in [0.4, 0.5) is 9.18 Å². The number of rotatable bonds is 5. The molecule has 134 valence electrons. The first-order chi connectivity index (χ1) is 11.8. The van der Waals surface area contributed by atoms with Crippen molar-refractivity contribution in [3.63, 3.8) is 0 Å². The fraction of sp³-hybridized carbons (Fsp3) is 0.333. The van der Waals surface area contributed by atoms with Crippen molar-refractivity contribution in [2.75, 3.05) is 5.84 Å². The molecule has 10 heteroatoms. The first-order valence-corrected chi connectivity index (χ1v) is 8.40. The van der Waals surface area contributed by atoms with Crippen LogP contribution in [0.25, 0.3) is 11.4 Å². The lowest BCUT2D eigenvalue weighted by Crippen LogP contribution is -2.45. The van der Waals surface area contributed by atoms with E-state index in [1.165, 1.54) is 28.9 Å². The maximum absolute atomic E-state index is 13.0. The molecule has 0 saturated heterocycles. The van der Waals surface area contributed by atoms with E-state index < -0.39 is 17.2 Å². The summed E-state index contributed by atoms with van der Waals surface area (Å²) in [7, 11) is 0. The Labute approximate surface area is 148 Å². The lowest BCUT2D eigenvalue weighted by atomic mass is 10.2.